The molecule has 0 aromatic carbocycles. The number of fused-ring (bicyclic) bond motifs is 2. The van der Waals surface area contributed by atoms with E-state index in [1.54, 1.807) is 0 Å². The van der Waals surface area contributed by atoms with Crippen molar-refractivity contribution in [2.75, 3.05) is 12.3 Å². The van der Waals surface area contributed by atoms with Gasteiger partial charge in [-0.2, -0.15) is 9.97 Å². The van der Waals surface area contributed by atoms with E-state index in [0.29, 0.717) is 18.4 Å². The molecule has 8 nitrogen and oxygen atoms in total. The third-order valence-corrected chi connectivity index (χ3v) is 5.58. The van der Waals surface area contributed by atoms with E-state index in [2.05, 4.69) is 15.0 Å². The van der Waals surface area contributed by atoms with Gasteiger partial charge in [0.2, 0.25) is 5.28 Å². The van der Waals surface area contributed by atoms with Crippen LogP contribution >= 0.6 is 11.6 Å². The van der Waals surface area contributed by atoms with Crippen molar-refractivity contribution < 1.29 is 15.3 Å². The molecule has 2 aromatic rings. The minimum atomic E-state index is -1.59. The number of nitrogens with zero attached hydrogens (tertiary/aromatic N) is 4. The highest BCUT2D eigenvalue weighted by Gasteiger charge is 2.66. The van der Waals surface area contributed by atoms with Gasteiger partial charge in [-0.25, -0.2) is 4.98 Å². The summed E-state index contributed by atoms with van der Waals surface area (Å²) in [4.78, 5) is 12.0. The molecule has 0 unspecified atom stereocenters. The van der Waals surface area contributed by atoms with Crippen LogP contribution in [0.15, 0.2) is 6.33 Å². The van der Waals surface area contributed by atoms with Crippen molar-refractivity contribution in [1.29, 1.82) is 0 Å². The van der Waals surface area contributed by atoms with Gasteiger partial charge in [0.05, 0.1) is 12.9 Å². The normalized spacial score (nSPS) is 37.3. The maximum absolute atomic E-state index is 11.1. The van der Waals surface area contributed by atoms with Crippen LogP contribution in [0.1, 0.15) is 19.3 Å². The van der Waals surface area contributed by atoms with Gasteiger partial charge in [-0.1, -0.05) is 0 Å². The summed E-state index contributed by atoms with van der Waals surface area (Å²) in [5, 5.41) is 31.4. The Labute approximate surface area is 130 Å². The van der Waals surface area contributed by atoms with Crippen molar-refractivity contribution in [2.45, 2.75) is 31.1 Å². The molecule has 22 heavy (non-hydrogen) atoms. The predicted molar refractivity (Wildman–Crippen MR) is 77.8 cm³/mol. The van der Waals surface area contributed by atoms with Crippen LogP contribution in [0.3, 0.4) is 0 Å². The van der Waals surface area contributed by atoms with Gasteiger partial charge in [0.1, 0.15) is 11.6 Å². The zero-order valence-electron chi connectivity index (χ0n) is 11.6. The molecule has 2 aliphatic rings. The number of imidazole rings is 1. The molecule has 0 saturated heterocycles. The van der Waals surface area contributed by atoms with Crippen LogP contribution in [0.25, 0.3) is 11.2 Å². The Morgan fingerprint density at radius 2 is 2.23 bits per heavy atom. The standard InChI is InChI=1S/C13H16ClN5O3/c14-11-17-8(15)7-9(18-11)19(5-16-7)13(22)3-6-1-2-12(6,4-20)10(13)21/h5-6,10,20-22H,1-4H2,(H2,15,17,18)/t6-,10-,12+,13+/m1/s1. The lowest BCUT2D eigenvalue weighted by Gasteiger charge is -2.45. The van der Waals surface area contributed by atoms with Crippen LogP contribution in [0, 0.1) is 11.3 Å². The van der Waals surface area contributed by atoms with Gasteiger partial charge in [-0.3, -0.25) is 4.57 Å². The van der Waals surface area contributed by atoms with Gasteiger partial charge in [-0.05, 0) is 30.4 Å². The number of rotatable bonds is 2. The molecule has 0 bridgehead atoms. The zero-order valence-corrected chi connectivity index (χ0v) is 12.4. The monoisotopic (exact) mass is 325 g/mol. The topological polar surface area (TPSA) is 130 Å². The highest BCUT2D eigenvalue weighted by molar-refractivity contribution is 6.28. The SMILES string of the molecule is Nc1nc(Cl)nc2c1ncn2[C@]1(O)C[C@H]2CC[C@@]2(CO)[C@H]1O. The molecule has 2 aromatic heterocycles. The number of anilines is 1. The van der Waals surface area contributed by atoms with Crippen molar-refractivity contribution in [3.63, 3.8) is 0 Å². The number of aliphatic hydroxyl groups is 3. The second kappa shape index (κ2) is 4.29. The van der Waals surface area contributed by atoms with Gasteiger partial charge in [0.25, 0.3) is 0 Å². The van der Waals surface area contributed by atoms with E-state index in [0.717, 1.165) is 6.42 Å². The highest BCUT2D eigenvalue weighted by Crippen LogP contribution is 2.62. The predicted octanol–water partition coefficient (Wildman–Crippen LogP) is -0.140. The zero-order chi connectivity index (χ0) is 15.7. The van der Waals surface area contributed by atoms with Gasteiger partial charge >= 0.3 is 0 Å². The molecule has 2 fully saturated rings. The van der Waals surface area contributed by atoms with E-state index in [1.807, 2.05) is 0 Å². The highest BCUT2D eigenvalue weighted by atomic mass is 35.5. The molecule has 4 atom stereocenters. The molecule has 5 N–H and O–H groups in total. The summed E-state index contributed by atoms with van der Waals surface area (Å²) in [6.07, 6.45) is 2.13. The Hall–Kier alpha value is -1.48. The molecule has 2 saturated carbocycles. The maximum Gasteiger partial charge on any atom is 0.226 e. The maximum atomic E-state index is 11.1. The van der Waals surface area contributed by atoms with E-state index in [1.165, 1.54) is 10.9 Å². The van der Waals surface area contributed by atoms with Crippen LogP contribution in [-0.4, -0.2) is 47.5 Å². The number of hydrogen-bond donors (Lipinski definition) is 4. The third kappa shape index (κ3) is 1.50. The minimum absolute atomic E-state index is 0.0531. The first-order chi connectivity index (χ1) is 10.4. The molecule has 4 rings (SSSR count). The van der Waals surface area contributed by atoms with Crippen molar-refractivity contribution in [2.24, 2.45) is 11.3 Å². The van der Waals surface area contributed by atoms with Gasteiger partial charge in [-0.15, -0.1) is 0 Å². The van der Waals surface area contributed by atoms with Crippen molar-refractivity contribution >= 4 is 28.6 Å². The van der Waals surface area contributed by atoms with E-state index in [4.69, 9.17) is 17.3 Å². The molecule has 2 heterocycles. The number of aromatic nitrogens is 4. The van der Waals surface area contributed by atoms with Crippen LogP contribution in [-0.2, 0) is 5.72 Å². The molecule has 0 amide bonds. The van der Waals surface area contributed by atoms with Crippen LogP contribution in [0.5, 0.6) is 0 Å². The van der Waals surface area contributed by atoms with Crippen molar-refractivity contribution in [3.05, 3.63) is 11.6 Å². The lowest BCUT2D eigenvalue weighted by Crippen LogP contribution is -2.52. The number of halogens is 1. The second-order valence-corrected chi connectivity index (χ2v) is 6.61. The van der Waals surface area contributed by atoms with Gasteiger partial charge < -0.3 is 21.1 Å². The smallest absolute Gasteiger partial charge is 0.226 e. The summed E-state index contributed by atoms with van der Waals surface area (Å²) in [6, 6.07) is 0. The second-order valence-electron chi connectivity index (χ2n) is 6.28. The molecule has 2 aliphatic carbocycles. The van der Waals surface area contributed by atoms with E-state index < -0.39 is 17.2 Å². The molecule has 0 aliphatic heterocycles. The Morgan fingerprint density at radius 3 is 2.82 bits per heavy atom. The lowest BCUT2D eigenvalue weighted by atomic mass is 9.61. The summed E-state index contributed by atoms with van der Waals surface area (Å²) < 4.78 is 1.40. The summed E-state index contributed by atoms with van der Waals surface area (Å²) in [5.74, 6) is 0.175. The van der Waals surface area contributed by atoms with Crippen LogP contribution in [0.2, 0.25) is 5.28 Å². The first-order valence-corrected chi connectivity index (χ1v) is 7.48. The number of aliphatic hydroxyl groups excluding tert-OH is 2. The van der Waals surface area contributed by atoms with Crippen LogP contribution < -0.4 is 5.73 Å². The van der Waals surface area contributed by atoms with E-state index in [-0.39, 0.29) is 29.3 Å². The molecular weight excluding hydrogens is 310 g/mol. The Balaban J connectivity index is 1.89. The fourth-order valence-electron chi connectivity index (χ4n) is 4.02. The first kappa shape index (κ1) is 14.1. The molecule has 118 valence electrons. The number of nitrogen functional groups attached to an aromatic ring is 1. The summed E-state index contributed by atoms with van der Waals surface area (Å²) in [5.41, 5.74) is 4.11. The van der Waals surface area contributed by atoms with E-state index in [9.17, 15) is 15.3 Å². The summed E-state index contributed by atoms with van der Waals surface area (Å²) in [7, 11) is 0. The first-order valence-electron chi connectivity index (χ1n) is 7.10. The Bertz CT molecular complexity index is 763. The van der Waals surface area contributed by atoms with Crippen molar-refractivity contribution in [3.8, 4) is 0 Å². The minimum Gasteiger partial charge on any atom is -0.396 e. The Kier molecular flexibility index (Phi) is 2.75. The van der Waals surface area contributed by atoms with E-state index >= 15 is 0 Å². The summed E-state index contributed by atoms with van der Waals surface area (Å²) in [6.45, 7) is -0.161. The average molecular weight is 326 g/mol. The quantitative estimate of drug-likeness (QED) is 0.565. The van der Waals surface area contributed by atoms with Gasteiger partial charge in [0, 0.05) is 11.8 Å². The fourth-order valence-corrected chi connectivity index (χ4v) is 4.19. The Morgan fingerprint density at radius 1 is 1.45 bits per heavy atom. The largest absolute Gasteiger partial charge is 0.396 e. The average Bonchev–Trinajstić information content (AvgIpc) is 2.93. The molecule has 0 spiro atoms. The van der Waals surface area contributed by atoms with Crippen molar-refractivity contribution in [1.82, 2.24) is 19.5 Å². The molecule has 9 heteroatoms. The summed E-state index contributed by atoms with van der Waals surface area (Å²) >= 11 is 5.84. The number of nitrogens with two attached hydrogens (primary N) is 1. The third-order valence-electron chi connectivity index (χ3n) is 5.41. The lowest BCUT2D eigenvalue weighted by molar-refractivity contribution is -0.162. The molecular formula is C13H16ClN5O3. The fraction of sp³-hybridized carbons (Fsp3) is 0.615. The molecule has 0 radical (unpaired) electrons. The van der Waals surface area contributed by atoms with Gasteiger partial charge in [0.15, 0.2) is 17.2 Å². The number of hydrogen-bond acceptors (Lipinski definition) is 7. The van der Waals surface area contributed by atoms with Crippen LogP contribution in [0.4, 0.5) is 5.82 Å².